The van der Waals surface area contributed by atoms with Gasteiger partial charge in [0, 0.05) is 22.6 Å². The van der Waals surface area contributed by atoms with Gasteiger partial charge in [0.2, 0.25) is 0 Å². The van der Waals surface area contributed by atoms with Crippen molar-refractivity contribution in [2.45, 2.75) is 26.3 Å². The molecule has 1 aliphatic rings. The molecular formula is C15H21N3. The number of fused-ring (bicyclic) bond motifs is 1. The van der Waals surface area contributed by atoms with E-state index >= 15 is 0 Å². The van der Waals surface area contributed by atoms with Crippen LogP contribution in [0.3, 0.4) is 0 Å². The number of rotatable bonds is 2. The van der Waals surface area contributed by atoms with Crippen LogP contribution < -0.4 is 11.1 Å². The molecule has 2 aromatic rings. The summed E-state index contributed by atoms with van der Waals surface area (Å²) in [4.78, 5) is 3.49. The van der Waals surface area contributed by atoms with E-state index in [1.807, 2.05) is 0 Å². The van der Waals surface area contributed by atoms with Gasteiger partial charge in [0.25, 0.3) is 0 Å². The highest BCUT2D eigenvalue weighted by atomic mass is 15.0. The van der Waals surface area contributed by atoms with Crippen LogP contribution in [-0.4, -0.2) is 18.1 Å². The van der Waals surface area contributed by atoms with Crippen molar-refractivity contribution < 1.29 is 0 Å². The third-order valence-corrected chi connectivity index (χ3v) is 4.16. The fraction of sp³-hybridized carbons (Fsp3) is 0.467. The topological polar surface area (TPSA) is 53.8 Å². The van der Waals surface area contributed by atoms with E-state index in [2.05, 4.69) is 42.3 Å². The number of aromatic nitrogens is 1. The molecule has 1 saturated heterocycles. The second-order valence-corrected chi connectivity index (χ2v) is 5.43. The SMILES string of the molecule is Cc1ccc2[nH]c(C)c(C3NCCC3CN)c2c1. The van der Waals surface area contributed by atoms with E-state index in [4.69, 9.17) is 5.73 Å². The Morgan fingerprint density at radius 1 is 1.33 bits per heavy atom. The third kappa shape index (κ3) is 1.74. The first-order valence-corrected chi connectivity index (χ1v) is 6.73. The van der Waals surface area contributed by atoms with Gasteiger partial charge < -0.3 is 16.0 Å². The van der Waals surface area contributed by atoms with E-state index in [-0.39, 0.29) is 0 Å². The maximum atomic E-state index is 5.90. The highest BCUT2D eigenvalue weighted by Gasteiger charge is 2.30. The van der Waals surface area contributed by atoms with Crippen molar-refractivity contribution in [1.82, 2.24) is 10.3 Å². The third-order valence-electron chi connectivity index (χ3n) is 4.16. The van der Waals surface area contributed by atoms with Crippen LogP contribution >= 0.6 is 0 Å². The molecule has 96 valence electrons. The van der Waals surface area contributed by atoms with Gasteiger partial charge in [-0.2, -0.15) is 0 Å². The lowest BCUT2D eigenvalue weighted by atomic mass is 9.92. The van der Waals surface area contributed by atoms with E-state index in [0.29, 0.717) is 12.0 Å². The molecule has 3 heteroatoms. The number of H-pyrrole nitrogens is 1. The molecule has 0 amide bonds. The smallest absolute Gasteiger partial charge is 0.0459 e. The maximum Gasteiger partial charge on any atom is 0.0459 e. The van der Waals surface area contributed by atoms with E-state index in [1.54, 1.807) is 0 Å². The number of nitrogens with two attached hydrogens (primary N) is 1. The number of nitrogens with one attached hydrogen (secondary N) is 2. The molecule has 1 fully saturated rings. The summed E-state index contributed by atoms with van der Waals surface area (Å²) in [6.07, 6.45) is 1.18. The first-order valence-electron chi connectivity index (χ1n) is 6.73. The number of benzene rings is 1. The standard InChI is InChI=1S/C15H21N3/c1-9-3-4-13-12(7-9)14(10(2)18-13)15-11(8-16)5-6-17-15/h3-4,7,11,15,17-18H,5-6,8,16H2,1-2H3. The molecule has 1 aromatic heterocycles. The fourth-order valence-electron chi connectivity index (χ4n) is 3.21. The quantitative estimate of drug-likeness (QED) is 0.758. The highest BCUT2D eigenvalue weighted by molar-refractivity contribution is 5.86. The molecule has 3 nitrogen and oxygen atoms in total. The molecule has 18 heavy (non-hydrogen) atoms. The number of aromatic amines is 1. The minimum Gasteiger partial charge on any atom is -0.358 e. The van der Waals surface area contributed by atoms with Gasteiger partial charge in [0.15, 0.2) is 0 Å². The minimum absolute atomic E-state index is 0.408. The summed E-state index contributed by atoms with van der Waals surface area (Å²) in [6, 6.07) is 7.02. The summed E-state index contributed by atoms with van der Waals surface area (Å²) < 4.78 is 0. The average Bonchev–Trinajstić information content (AvgIpc) is 2.91. The summed E-state index contributed by atoms with van der Waals surface area (Å²) in [6.45, 7) is 6.15. The number of hydrogen-bond donors (Lipinski definition) is 3. The van der Waals surface area contributed by atoms with Crippen molar-refractivity contribution in [3.8, 4) is 0 Å². The summed E-state index contributed by atoms with van der Waals surface area (Å²) >= 11 is 0. The van der Waals surface area contributed by atoms with Crippen LogP contribution in [-0.2, 0) is 0 Å². The number of hydrogen-bond acceptors (Lipinski definition) is 2. The van der Waals surface area contributed by atoms with Crippen molar-refractivity contribution in [3.63, 3.8) is 0 Å². The Labute approximate surface area is 108 Å². The van der Waals surface area contributed by atoms with E-state index in [0.717, 1.165) is 13.1 Å². The molecule has 2 atom stereocenters. The Bertz CT molecular complexity index is 570. The molecule has 3 rings (SSSR count). The van der Waals surface area contributed by atoms with Crippen molar-refractivity contribution in [1.29, 1.82) is 0 Å². The van der Waals surface area contributed by atoms with Gasteiger partial charge >= 0.3 is 0 Å². The lowest BCUT2D eigenvalue weighted by molar-refractivity contribution is 0.473. The average molecular weight is 243 g/mol. The Balaban J connectivity index is 2.15. The van der Waals surface area contributed by atoms with Crippen LogP contribution in [0.25, 0.3) is 10.9 Å². The summed E-state index contributed by atoms with van der Waals surface area (Å²) in [7, 11) is 0. The van der Waals surface area contributed by atoms with Gasteiger partial charge in [-0.1, -0.05) is 11.6 Å². The van der Waals surface area contributed by atoms with E-state index in [9.17, 15) is 0 Å². The molecule has 1 aromatic carbocycles. The predicted molar refractivity (Wildman–Crippen MR) is 75.7 cm³/mol. The predicted octanol–water partition coefficient (Wildman–Crippen LogP) is 2.39. The second kappa shape index (κ2) is 4.41. The van der Waals surface area contributed by atoms with Gasteiger partial charge in [-0.25, -0.2) is 0 Å². The van der Waals surface area contributed by atoms with Crippen molar-refractivity contribution in [3.05, 3.63) is 35.0 Å². The van der Waals surface area contributed by atoms with Gasteiger partial charge in [0.1, 0.15) is 0 Å². The van der Waals surface area contributed by atoms with E-state index in [1.165, 1.54) is 34.1 Å². The van der Waals surface area contributed by atoms with Crippen LogP contribution in [0, 0.1) is 19.8 Å². The zero-order valence-corrected chi connectivity index (χ0v) is 11.1. The molecular weight excluding hydrogens is 222 g/mol. The zero-order valence-electron chi connectivity index (χ0n) is 11.1. The normalized spacial score (nSPS) is 23.9. The Hall–Kier alpha value is -1.32. The van der Waals surface area contributed by atoms with Crippen LogP contribution in [0.2, 0.25) is 0 Å². The van der Waals surface area contributed by atoms with Gasteiger partial charge in [0.05, 0.1) is 0 Å². The Morgan fingerprint density at radius 2 is 2.17 bits per heavy atom. The largest absolute Gasteiger partial charge is 0.358 e. The molecule has 2 unspecified atom stereocenters. The van der Waals surface area contributed by atoms with E-state index < -0.39 is 0 Å². The fourth-order valence-corrected chi connectivity index (χ4v) is 3.21. The maximum absolute atomic E-state index is 5.90. The van der Waals surface area contributed by atoms with Crippen molar-refractivity contribution in [2.24, 2.45) is 11.7 Å². The van der Waals surface area contributed by atoms with Gasteiger partial charge in [-0.3, -0.25) is 0 Å². The monoisotopic (exact) mass is 243 g/mol. The Morgan fingerprint density at radius 3 is 2.94 bits per heavy atom. The molecule has 0 bridgehead atoms. The molecule has 0 spiro atoms. The second-order valence-electron chi connectivity index (χ2n) is 5.43. The van der Waals surface area contributed by atoms with Crippen LogP contribution in [0.4, 0.5) is 0 Å². The lowest BCUT2D eigenvalue weighted by Crippen LogP contribution is -2.23. The van der Waals surface area contributed by atoms with Gasteiger partial charge in [-0.05, 0) is 57.0 Å². The first-order chi connectivity index (χ1) is 8.70. The highest BCUT2D eigenvalue weighted by Crippen LogP contribution is 2.36. The van der Waals surface area contributed by atoms with Crippen LogP contribution in [0.5, 0.6) is 0 Å². The summed E-state index contributed by atoms with van der Waals surface area (Å²) in [5.74, 6) is 0.559. The first kappa shape index (κ1) is 11.8. The van der Waals surface area contributed by atoms with Crippen molar-refractivity contribution >= 4 is 10.9 Å². The molecule has 1 aliphatic heterocycles. The van der Waals surface area contributed by atoms with Crippen LogP contribution in [0.1, 0.15) is 29.3 Å². The van der Waals surface area contributed by atoms with Gasteiger partial charge in [-0.15, -0.1) is 0 Å². The minimum atomic E-state index is 0.408. The molecule has 0 radical (unpaired) electrons. The Kier molecular flexibility index (Phi) is 2.88. The van der Waals surface area contributed by atoms with Crippen molar-refractivity contribution in [2.75, 3.05) is 13.1 Å². The lowest BCUT2D eigenvalue weighted by Gasteiger charge is -2.18. The molecule has 0 saturated carbocycles. The van der Waals surface area contributed by atoms with Crippen LogP contribution in [0.15, 0.2) is 18.2 Å². The molecule has 0 aliphatic carbocycles. The summed E-state index contributed by atoms with van der Waals surface area (Å²) in [5.41, 5.74) is 11.1. The zero-order chi connectivity index (χ0) is 12.7. The number of aryl methyl sites for hydroxylation is 2. The summed E-state index contributed by atoms with van der Waals surface area (Å²) in [5, 5.41) is 4.96. The molecule has 2 heterocycles. The molecule has 4 N–H and O–H groups in total.